The Balaban J connectivity index is 1.92. The van der Waals surface area contributed by atoms with Gasteiger partial charge >= 0.3 is 6.16 Å². The topological polar surface area (TPSA) is 35.5 Å². The summed E-state index contributed by atoms with van der Waals surface area (Å²) in [6, 6.07) is 0. The lowest BCUT2D eigenvalue weighted by atomic mass is 10.4. The molecule has 0 spiro atoms. The molecule has 0 saturated heterocycles. The Bertz CT molecular complexity index is 129. The molecule has 1 rings (SSSR count). The molecule has 1 saturated carbocycles. The minimum Gasteiger partial charge on any atom is -0.431 e. The minimum absolute atomic E-state index is 0.137. The molecule has 0 aromatic rings. The molecule has 0 bridgehead atoms. The van der Waals surface area contributed by atoms with Gasteiger partial charge in [-0.25, -0.2) is 4.79 Å². The lowest BCUT2D eigenvalue weighted by Gasteiger charge is -2.02. The van der Waals surface area contributed by atoms with E-state index in [1.807, 2.05) is 6.92 Å². The quantitative estimate of drug-likeness (QED) is 0.464. The molecule has 1 aliphatic carbocycles. The van der Waals surface area contributed by atoms with Gasteiger partial charge in [-0.1, -0.05) is 13.3 Å². The molecule has 3 nitrogen and oxygen atoms in total. The molecule has 3 heteroatoms. The molecule has 1 radical (unpaired) electrons. The summed E-state index contributed by atoms with van der Waals surface area (Å²) in [5.74, 6) is 0. The number of ether oxygens (including phenoxy) is 2. The van der Waals surface area contributed by atoms with Crippen molar-refractivity contribution in [3.8, 4) is 0 Å². The van der Waals surface area contributed by atoms with Crippen molar-refractivity contribution in [2.24, 2.45) is 0 Å². The van der Waals surface area contributed by atoms with Crippen LogP contribution in [0.5, 0.6) is 0 Å². The van der Waals surface area contributed by atoms with Crippen molar-refractivity contribution >= 4 is 6.16 Å². The molecule has 0 aliphatic heterocycles. The largest absolute Gasteiger partial charge is 0.508 e. The van der Waals surface area contributed by atoms with Crippen molar-refractivity contribution in [2.45, 2.75) is 38.7 Å². The van der Waals surface area contributed by atoms with E-state index >= 15 is 0 Å². The Morgan fingerprint density at radius 3 is 2.91 bits per heavy atom. The monoisotopic (exact) mass is 157 g/mol. The molecule has 11 heavy (non-hydrogen) atoms. The van der Waals surface area contributed by atoms with Gasteiger partial charge in [-0.05, 0) is 19.3 Å². The SMILES string of the molecule is CCC[CH]OC(=O)OC1CC1. The Morgan fingerprint density at radius 1 is 1.64 bits per heavy atom. The molecule has 1 fully saturated rings. The van der Waals surface area contributed by atoms with E-state index in [9.17, 15) is 4.79 Å². The summed E-state index contributed by atoms with van der Waals surface area (Å²) in [5, 5.41) is 0. The number of hydrogen-bond acceptors (Lipinski definition) is 3. The number of hydrogen-bond donors (Lipinski definition) is 0. The summed E-state index contributed by atoms with van der Waals surface area (Å²) < 4.78 is 9.46. The summed E-state index contributed by atoms with van der Waals surface area (Å²) in [4.78, 5) is 10.7. The first-order chi connectivity index (χ1) is 5.33. The van der Waals surface area contributed by atoms with Gasteiger partial charge in [0.25, 0.3) is 0 Å². The third-order valence-electron chi connectivity index (χ3n) is 1.37. The number of carbonyl (C=O) groups is 1. The van der Waals surface area contributed by atoms with E-state index in [0.717, 1.165) is 25.7 Å². The van der Waals surface area contributed by atoms with E-state index in [-0.39, 0.29) is 6.10 Å². The van der Waals surface area contributed by atoms with E-state index in [4.69, 9.17) is 4.74 Å². The highest BCUT2D eigenvalue weighted by atomic mass is 16.7. The Labute approximate surface area is 66.7 Å². The van der Waals surface area contributed by atoms with Gasteiger partial charge in [0.05, 0.1) is 0 Å². The first kappa shape index (κ1) is 8.37. The predicted molar refractivity (Wildman–Crippen MR) is 39.8 cm³/mol. The summed E-state index contributed by atoms with van der Waals surface area (Å²) in [6.45, 7) is 3.51. The van der Waals surface area contributed by atoms with Crippen LogP contribution in [0.25, 0.3) is 0 Å². The molecule has 0 aromatic heterocycles. The Kier molecular flexibility index (Phi) is 3.20. The van der Waals surface area contributed by atoms with E-state index in [0.29, 0.717) is 0 Å². The van der Waals surface area contributed by atoms with E-state index in [2.05, 4.69) is 4.74 Å². The first-order valence-electron chi connectivity index (χ1n) is 4.02. The molecule has 0 atom stereocenters. The highest BCUT2D eigenvalue weighted by molar-refractivity contribution is 5.60. The van der Waals surface area contributed by atoms with E-state index < -0.39 is 6.16 Å². The summed E-state index contributed by atoms with van der Waals surface area (Å²) in [6.07, 6.45) is 3.33. The van der Waals surface area contributed by atoms with Gasteiger partial charge in [0.2, 0.25) is 0 Å². The zero-order valence-corrected chi connectivity index (χ0v) is 6.71. The predicted octanol–water partition coefficient (Wildman–Crippen LogP) is 2.26. The maximum absolute atomic E-state index is 10.7. The summed E-state index contributed by atoms with van der Waals surface area (Å²) >= 11 is 0. The van der Waals surface area contributed by atoms with Crippen LogP contribution < -0.4 is 0 Å². The van der Waals surface area contributed by atoms with Crippen LogP contribution in [0.15, 0.2) is 0 Å². The van der Waals surface area contributed by atoms with E-state index in [1.54, 1.807) is 0 Å². The highest BCUT2D eigenvalue weighted by Crippen LogP contribution is 2.23. The minimum atomic E-state index is -0.555. The van der Waals surface area contributed by atoms with Crippen molar-refractivity contribution in [1.29, 1.82) is 0 Å². The van der Waals surface area contributed by atoms with Gasteiger partial charge in [-0.15, -0.1) is 0 Å². The molecule has 0 aromatic carbocycles. The fourth-order valence-electron chi connectivity index (χ4n) is 0.595. The molecule has 0 N–H and O–H groups in total. The van der Waals surface area contributed by atoms with Gasteiger partial charge in [-0.2, -0.15) is 0 Å². The molecule has 63 valence electrons. The standard InChI is InChI=1S/C8H13O3/c1-2-3-6-10-8(9)11-7-4-5-7/h6-7H,2-5H2,1H3. The van der Waals surface area contributed by atoms with Gasteiger partial charge < -0.3 is 9.47 Å². The van der Waals surface area contributed by atoms with Crippen molar-refractivity contribution in [3.05, 3.63) is 6.61 Å². The lowest BCUT2D eigenvalue weighted by Crippen LogP contribution is -2.06. The van der Waals surface area contributed by atoms with Crippen LogP contribution in [0.4, 0.5) is 4.79 Å². The third-order valence-corrected chi connectivity index (χ3v) is 1.37. The average molecular weight is 157 g/mol. The average Bonchev–Trinajstić information content (AvgIpc) is 2.72. The van der Waals surface area contributed by atoms with Crippen molar-refractivity contribution in [2.75, 3.05) is 0 Å². The maximum Gasteiger partial charge on any atom is 0.508 e. The van der Waals surface area contributed by atoms with Crippen LogP contribution in [-0.4, -0.2) is 12.3 Å². The fraction of sp³-hybridized carbons (Fsp3) is 0.750. The van der Waals surface area contributed by atoms with Gasteiger partial charge in [-0.3, -0.25) is 0 Å². The summed E-state index contributed by atoms with van der Waals surface area (Å²) in [5.41, 5.74) is 0. The Morgan fingerprint density at radius 2 is 2.36 bits per heavy atom. The van der Waals surface area contributed by atoms with Crippen molar-refractivity contribution < 1.29 is 14.3 Å². The van der Waals surface area contributed by atoms with Crippen LogP contribution in [0.1, 0.15) is 32.6 Å². The first-order valence-corrected chi connectivity index (χ1v) is 4.02. The molecule has 0 unspecified atom stereocenters. The van der Waals surface area contributed by atoms with Gasteiger partial charge in [0.1, 0.15) is 12.7 Å². The zero-order chi connectivity index (χ0) is 8.10. The highest BCUT2D eigenvalue weighted by Gasteiger charge is 2.26. The van der Waals surface area contributed by atoms with Crippen LogP contribution in [-0.2, 0) is 9.47 Å². The normalized spacial score (nSPS) is 16.1. The smallest absolute Gasteiger partial charge is 0.431 e. The number of rotatable bonds is 4. The number of unbranched alkanes of at least 4 members (excludes halogenated alkanes) is 1. The second-order valence-electron chi connectivity index (χ2n) is 2.64. The van der Waals surface area contributed by atoms with Crippen LogP contribution >= 0.6 is 0 Å². The molecule has 0 amide bonds. The molecule has 0 heterocycles. The van der Waals surface area contributed by atoms with Crippen molar-refractivity contribution in [3.63, 3.8) is 0 Å². The third kappa shape index (κ3) is 3.86. The van der Waals surface area contributed by atoms with Crippen LogP contribution in [0, 0.1) is 6.61 Å². The molecular formula is C8H13O3. The van der Waals surface area contributed by atoms with E-state index in [1.165, 1.54) is 6.61 Å². The zero-order valence-electron chi connectivity index (χ0n) is 6.71. The van der Waals surface area contributed by atoms with Crippen LogP contribution in [0.2, 0.25) is 0 Å². The lowest BCUT2D eigenvalue weighted by molar-refractivity contribution is 0.0662. The number of carbonyl (C=O) groups excluding carboxylic acids is 1. The molecular weight excluding hydrogens is 144 g/mol. The fourth-order valence-corrected chi connectivity index (χ4v) is 0.595. The van der Waals surface area contributed by atoms with Gasteiger partial charge in [0.15, 0.2) is 0 Å². The second-order valence-corrected chi connectivity index (χ2v) is 2.64. The van der Waals surface area contributed by atoms with Crippen LogP contribution in [0.3, 0.4) is 0 Å². The van der Waals surface area contributed by atoms with Gasteiger partial charge in [0, 0.05) is 0 Å². The second kappa shape index (κ2) is 4.21. The maximum atomic E-state index is 10.7. The Hall–Kier alpha value is -0.730. The van der Waals surface area contributed by atoms with Crippen molar-refractivity contribution in [1.82, 2.24) is 0 Å². The molecule has 1 aliphatic rings. The summed E-state index contributed by atoms with van der Waals surface area (Å²) in [7, 11) is 0.